The van der Waals surface area contributed by atoms with Gasteiger partial charge in [0.05, 0.1) is 6.04 Å². The molecule has 3 aromatic rings. The lowest BCUT2D eigenvalue weighted by Gasteiger charge is -2.49. The molecular weight excluding hydrogens is 589 g/mol. The second kappa shape index (κ2) is 14.5. The van der Waals surface area contributed by atoms with Crippen LogP contribution in [-0.4, -0.2) is 59.5 Å². The van der Waals surface area contributed by atoms with Crippen LogP contribution in [-0.2, 0) is 6.54 Å². The van der Waals surface area contributed by atoms with Gasteiger partial charge in [0.1, 0.15) is 5.82 Å². The molecule has 2 saturated heterocycles. The van der Waals surface area contributed by atoms with Crippen LogP contribution in [0.3, 0.4) is 0 Å². The van der Waals surface area contributed by atoms with E-state index in [0.29, 0.717) is 37.5 Å². The maximum absolute atomic E-state index is 14.3. The summed E-state index contributed by atoms with van der Waals surface area (Å²) in [6.45, 7) is 7.52. The van der Waals surface area contributed by atoms with E-state index in [1.807, 2.05) is 56.3 Å². The number of carbonyl (C=O) groups excluding carboxylic acids is 2. The van der Waals surface area contributed by atoms with Crippen LogP contribution in [0.1, 0.15) is 61.8 Å². The molecule has 0 unspecified atom stereocenters. The van der Waals surface area contributed by atoms with Crippen LogP contribution in [0, 0.1) is 22.9 Å². The van der Waals surface area contributed by atoms with Gasteiger partial charge in [0, 0.05) is 25.0 Å². The highest BCUT2D eigenvalue weighted by molar-refractivity contribution is 5.95. The first kappa shape index (κ1) is 33.3. The Kier molecular flexibility index (Phi) is 11.0. The number of urea groups is 2. The van der Waals surface area contributed by atoms with Crippen molar-refractivity contribution in [3.05, 3.63) is 107 Å². The van der Waals surface area contributed by atoms with Crippen molar-refractivity contribution in [3.8, 4) is 0 Å². The van der Waals surface area contributed by atoms with Crippen LogP contribution in [0.5, 0.6) is 0 Å². The van der Waals surface area contributed by atoms with Crippen molar-refractivity contribution in [2.45, 2.75) is 51.6 Å². The average Bonchev–Trinajstić information content (AvgIpc) is 2.99. The predicted octanol–water partition coefficient (Wildman–Crippen LogP) is 7.51. The lowest BCUT2D eigenvalue weighted by atomic mass is 9.77. The Morgan fingerprint density at radius 2 is 1.57 bits per heavy atom. The highest BCUT2D eigenvalue weighted by Gasteiger charge is 2.48. The Labute approximate surface area is 263 Å². The molecule has 2 aliphatic rings. The number of amides is 4. The molecule has 5 rings (SSSR count). The molecule has 2 fully saturated rings. The summed E-state index contributed by atoms with van der Waals surface area (Å²) in [4.78, 5) is 32.7. The van der Waals surface area contributed by atoms with Crippen LogP contribution in [0.2, 0.25) is 0 Å². The van der Waals surface area contributed by atoms with E-state index in [2.05, 4.69) is 10.2 Å². The van der Waals surface area contributed by atoms with Gasteiger partial charge in [0.15, 0.2) is 11.6 Å². The fourth-order valence-electron chi connectivity index (χ4n) is 6.48. The van der Waals surface area contributed by atoms with Crippen molar-refractivity contribution < 1.29 is 22.8 Å². The fraction of sp³-hybridized carbons (Fsp3) is 0.412. The van der Waals surface area contributed by atoms with Gasteiger partial charge in [-0.1, -0.05) is 62.4 Å². The number of hydrogen-bond donors (Lipinski definition) is 1. The van der Waals surface area contributed by atoms with Gasteiger partial charge in [-0.15, -0.1) is 12.4 Å². The van der Waals surface area contributed by atoms with E-state index >= 15 is 0 Å². The third-order valence-corrected chi connectivity index (χ3v) is 8.62. The van der Waals surface area contributed by atoms with E-state index in [0.717, 1.165) is 50.2 Å². The summed E-state index contributed by atoms with van der Waals surface area (Å²) >= 11 is 0. The number of imide groups is 1. The average molecular weight is 629 g/mol. The molecule has 0 bridgehead atoms. The molecule has 3 aromatic carbocycles. The van der Waals surface area contributed by atoms with Crippen LogP contribution in [0.15, 0.2) is 72.8 Å². The molecule has 0 aliphatic carbocycles. The van der Waals surface area contributed by atoms with Gasteiger partial charge in [0.25, 0.3) is 0 Å². The Morgan fingerprint density at radius 1 is 0.909 bits per heavy atom. The van der Waals surface area contributed by atoms with E-state index in [9.17, 15) is 22.8 Å². The number of nitrogens with one attached hydrogen (secondary N) is 1. The molecule has 0 radical (unpaired) electrons. The first-order valence-electron chi connectivity index (χ1n) is 14.9. The van der Waals surface area contributed by atoms with Crippen molar-refractivity contribution in [1.29, 1.82) is 0 Å². The third-order valence-electron chi connectivity index (χ3n) is 8.62. The minimum atomic E-state index is -1.02. The maximum atomic E-state index is 14.3. The summed E-state index contributed by atoms with van der Waals surface area (Å²) in [6.07, 6.45) is 2.67. The normalized spacial score (nSPS) is 19.0. The molecule has 6 nitrogen and oxygen atoms in total. The van der Waals surface area contributed by atoms with Crippen molar-refractivity contribution in [2.75, 3.05) is 32.7 Å². The smallest absolute Gasteiger partial charge is 0.329 e. The van der Waals surface area contributed by atoms with Gasteiger partial charge in [0.2, 0.25) is 0 Å². The summed E-state index contributed by atoms with van der Waals surface area (Å²) in [7, 11) is 0. The zero-order valence-corrected chi connectivity index (χ0v) is 26.0. The second-order valence-corrected chi connectivity index (χ2v) is 12.3. The largest absolute Gasteiger partial charge is 0.338 e. The zero-order valence-electron chi connectivity index (χ0n) is 25.1. The first-order valence-corrected chi connectivity index (χ1v) is 14.9. The van der Waals surface area contributed by atoms with E-state index in [-0.39, 0.29) is 18.2 Å². The Balaban J connectivity index is 0.00000442. The minimum Gasteiger partial charge on any atom is -0.338 e. The standard InChI is InChI=1S/C34H39F3N4O2.ClH/c1-34(2)23-40(22-24-7-4-3-5-8-24)33(43)41(31(34)27-11-14-29(36)30(37)21-27)32(42)38-17-6-18-39-19-15-26(16-20-39)25-9-12-28(35)13-10-25;/h3-5,7-14,21,26,31H,6,15-20,22-23H2,1-2H3,(H,38,42);1H/t31-;/m0./s1. The molecule has 0 spiro atoms. The van der Waals surface area contributed by atoms with Gasteiger partial charge in [-0.2, -0.15) is 0 Å². The van der Waals surface area contributed by atoms with Gasteiger partial charge < -0.3 is 15.1 Å². The molecule has 4 amide bonds. The summed E-state index contributed by atoms with van der Waals surface area (Å²) in [5.74, 6) is -1.81. The highest BCUT2D eigenvalue weighted by atomic mass is 35.5. The molecule has 2 heterocycles. The number of nitrogens with zero attached hydrogens (tertiary/aromatic N) is 3. The van der Waals surface area contributed by atoms with Crippen molar-refractivity contribution in [2.24, 2.45) is 5.41 Å². The van der Waals surface area contributed by atoms with Gasteiger partial charge in [-0.25, -0.2) is 27.7 Å². The summed E-state index contributed by atoms with van der Waals surface area (Å²) in [5.41, 5.74) is 1.82. The molecule has 1 atom stereocenters. The van der Waals surface area contributed by atoms with Crippen molar-refractivity contribution in [3.63, 3.8) is 0 Å². The molecule has 1 N–H and O–H groups in total. The number of hydrogen-bond acceptors (Lipinski definition) is 3. The minimum absolute atomic E-state index is 0. The summed E-state index contributed by atoms with van der Waals surface area (Å²) in [6, 6.07) is 18.0. The van der Waals surface area contributed by atoms with E-state index in [4.69, 9.17) is 0 Å². The molecule has 2 aliphatic heterocycles. The summed E-state index contributed by atoms with van der Waals surface area (Å²) < 4.78 is 41.4. The Morgan fingerprint density at radius 3 is 2.23 bits per heavy atom. The monoisotopic (exact) mass is 628 g/mol. The zero-order chi connectivity index (χ0) is 30.6. The van der Waals surface area contributed by atoms with Crippen molar-refractivity contribution >= 4 is 24.5 Å². The van der Waals surface area contributed by atoms with E-state index in [1.165, 1.54) is 28.7 Å². The number of benzene rings is 3. The maximum Gasteiger partial charge on any atom is 0.329 e. The van der Waals surface area contributed by atoms with Crippen molar-refractivity contribution in [1.82, 2.24) is 20.0 Å². The van der Waals surface area contributed by atoms with Crippen LogP contribution in [0.4, 0.5) is 22.8 Å². The number of halogens is 4. The molecule has 44 heavy (non-hydrogen) atoms. The van der Waals surface area contributed by atoms with Crippen LogP contribution >= 0.6 is 12.4 Å². The van der Waals surface area contributed by atoms with Gasteiger partial charge >= 0.3 is 12.1 Å². The molecular formula is C34H40ClF3N4O2. The molecule has 0 saturated carbocycles. The Bertz CT molecular complexity index is 1420. The number of rotatable bonds is 8. The predicted molar refractivity (Wildman–Crippen MR) is 167 cm³/mol. The highest BCUT2D eigenvalue weighted by Crippen LogP contribution is 2.44. The molecule has 0 aromatic heterocycles. The fourth-order valence-corrected chi connectivity index (χ4v) is 6.48. The van der Waals surface area contributed by atoms with Crippen LogP contribution < -0.4 is 5.32 Å². The third kappa shape index (κ3) is 7.74. The lowest BCUT2D eigenvalue weighted by Crippen LogP contribution is -2.61. The number of piperidine rings is 1. The number of carbonyl (C=O) groups is 2. The van der Waals surface area contributed by atoms with Gasteiger partial charge in [-0.3, -0.25) is 0 Å². The second-order valence-electron chi connectivity index (χ2n) is 12.3. The van der Waals surface area contributed by atoms with Crippen LogP contribution in [0.25, 0.3) is 0 Å². The van der Waals surface area contributed by atoms with Gasteiger partial charge in [-0.05, 0) is 85.8 Å². The number of likely N-dealkylation sites (tertiary alicyclic amines) is 1. The molecule has 10 heteroatoms. The SMILES string of the molecule is CC1(C)CN(Cc2ccccc2)C(=O)N(C(=O)NCCCN2CCC(c3ccc(F)cc3)CC2)[C@H]1c1ccc(F)c(F)c1.Cl. The first-order chi connectivity index (χ1) is 20.6. The Hall–Kier alpha value is -3.56. The topological polar surface area (TPSA) is 55.9 Å². The molecule has 236 valence electrons. The van der Waals surface area contributed by atoms with E-state index in [1.54, 1.807) is 4.90 Å². The summed E-state index contributed by atoms with van der Waals surface area (Å²) in [5, 5.41) is 2.92. The lowest BCUT2D eigenvalue weighted by molar-refractivity contribution is 0.0341. The quantitative estimate of drug-likeness (QED) is 0.263. The van der Waals surface area contributed by atoms with E-state index < -0.39 is 35.2 Å².